The Morgan fingerprint density at radius 1 is 1.37 bits per heavy atom. The summed E-state index contributed by atoms with van der Waals surface area (Å²) in [5.41, 5.74) is 8.06. The van der Waals surface area contributed by atoms with Gasteiger partial charge in [0.15, 0.2) is 0 Å². The number of nitrogens with one attached hydrogen (secondary N) is 1. The second-order valence-electron chi connectivity index (χ2n) is 5.70. The van der Waals surface area contributed by atoms with Gasteiger partial charge in [0.25, 0.3) is 0 Å². The number of amides is 1. The zero-order valence-corrected chi connectivity index (χ0v) is 11.9. The Hall–Kier alpha value is -1.35. The van der Waals surface area contributed by atoms with Gasteiger partial charge in [-0.15, -0.1) is 0 Å². The first kappa shape index (κ1) is 14.1. The van der Waals surface area contributed by atoms with Crippen molar-refractivity contribution in [1.29, 1.82) is 0 Å². The van der Waals surface area contributed by atoms with Crippen molar-refractivity contribution in [3.05, 3.63) is 35.4 Å². The summed E-state index contributed by atoms with van der Waals surface area (Å²) < 4.78 is 0. The van der Waals surface area contributed by atoms with Gasteiger partial charge in [0.05, 0.1) is 0 Å². The molecule has 1 amide bonds. The molecule has 0 spiro atoms. The van der Waals surface area contributed by atoms with Crippen molar-refractivity contribution in [3.8, 4) is 0 Å². The normalized spacial score (nSPS) is 21.5. The van der Waals surface area contributed by atoms with E-state index in [1.54, 1.807) is 0 Å². The molecule has 1 aromatic rings. The van der Waals surface area contributed by atoms with Crippen molar-refractivity contribution in [2.24, 2.45) is 11.7 Å². The Morgan fingerprint density at radius 2 is 2.05 bits per heavy atom. The molecule has 1 fully saturated rings. The minimum atomic E-state index is 0.169. The standard InChI is InChI=1S/C16H24N2O/c1-11(2)12-4-6-13(7-5-12)14-10-15(14)16(19)18-9-3-8-17/h4-7,11,14-15H,3,8-10,17H2,1-2H3,(H,18,19). The van der Waals surface area contributed by atoms with E-state index in [0.29, 0.717) is 24.9 Å². The summed E-state index contributed by atoms with van der Waals surface area (Å²) >= 11 is 0. The first-order chi connectivity index (χ1) is 9.13. The van der Waals surface area contributed by atoms with Crippen LogP contribution in [0.4, 0.5) is 0 Å². The number of carbonyl (C=O) groups is 1. The van der Waals surface area contributed by atoms with E-state index in [0.717, 1.165) is 12.8 Å². The molecular formula is C16H24N2O. The highest BCUT2D eigenvalue weighted by molar-refractivity contribution is 5.82. The van der Waals surface area contributed by atoms with Gasteiger partial charge in [-0.3, -0.25) is 4.79 Å². The van der Waals surface area contributed by atoms with E-state index >= 15 is 0 Å². The van der Waals surface area contributed by atoms with Crippen LogP contribution in [0.1, 0.15) is 49.7 Å². The van der Waals surface area contributed by atoms with Crippen LogP contribution in [0.5, 0.6) is 0 Å². The molecule has 0 aromatic heterocycles. The molecule has 1 aliphatic carbocycles. The van der Waals surface area contributed by atoms with Crippen LogP contribution in [0.15, 0.2) is 24.3 Å². The largest absolute Gasteiger partial charge is 0.356 e. The van der Waals surface area contributed by atoms with E-state index in [4.69, 9.17) is 5.73 Å². The number of hydrogen-bond donors (Lipinski definition) is 2. The maximum absolute atomic E-state index is 11.9. The molecular weight excluding hydrogens is 236 g/mol. The van der Waals surface area contributed by atoms with Crippen molar-refractivity contribution in [3.63, 3.8) is 0 Å². The predicted molar refractivity (Wildman–Crippen MR) is 78.1 cm³/mol. The Labute approximate surface area is 115 Å². The van der Waals surface area contributed by atoms with Gasteiger partial charge >= 0.3 is 0 Å². The first-order valence-corrected chi connectivity index (χ1v) is 7.21. The summed E-state index contributed by atoms with van der Waals surface area (Å²) in [7, 11) is 0. The lowest BCUT2D eigenvalue weighted by atomic mass is 10.00. The molecule has 1 saturated carbocycles. The van der Waals surface area contributed by atoms with Crippen molar-refractivity contribution in [2.45, 2.75) is 38.5 Å². The van der Waals surface area contributed by atoms with E-state index in [1.165, 1.54) is 11.1 Å². The van der Waals surface area contributed by atoms with Crippen molar-refractivity contribution < 1.29 is 4.79 Å². The van der Waals surface area contributed by atoms with Crippen LogP contribution >= 0.6 is 0 Å². The highest BCUT2D eigenvalue weighted by Crippen LogP contribution is 2.47. The topological polar surface area (TPSA) is 55.1 Å². The van der Waals surface area contributed by atoms with Crippen molar-refractivity contribution in [1.82, 2.24) is 5.32 Å². The number of rotatable bonds is 6. The Kier molecular flexibility index (Phi) is 4.59. The number of benzene rings is 1. The monoisotopic (exact) mass is 260 g/mol. The van der Waals surface area contributed by atoms with Crippen LogP contribution in [-0.2, 0) is 4.79 Å². The Bertz CT molecular complexity index is 425. The lowest BCUT2D eigenvalue weighted by molar-refractivity contribution is -0.122. The summed E-state index contributed by atoms with van der Waals surface area (Å²) in [6.07, 6.45) is 1.84. The highest BCUT2D eigenvalue weighted by Gasteiger charge is 2.43. The van der Waals surface area contributed by atoms with Crippen LogP contribution < -0.4 is 11.1 Å². The van der Waals surface area contributed by atoms with Gasteiger partial charge in [0, 0.05) is 12.5 Å². The second kappa shape index (κ2) is 6.20. The number of carbonyl (C=O) groups excluding carboxylic acids is 1. The van der Waals surface area contributed by atoms with Gasteiger partial charge < -0.3 is 11.1 Å². The second-order valence-corrected chi connectivity index (χ2v) is 5.70. The SMILES string of the molecule is CC(C)c1ccc(C2CC2C(=O)NCCCN)cc1. The molecule has 0 bridgehead atoms. The van der Waals surface area contributed by atoms with Gasteiger partial charge in [-0.1, -0.05) is 38.1 Å². The maximum Gasteiger partial charge on any atom is 0.223 e. The zero-order valence-electron chi connectivity index (χ0n) is 11.9. The molecule has 1 aliphatic rings. The van der Waals surface area contributed by atoms with E-state index in [-0.39, 0.29) is 11.8 Å². The van der Waals surface area contributed by atoms with Crippen LogP contribution in [-0.4, -0.2) is 19.0 Å². The quantitative estimate of drug-likeness (QED) is 0.772. The third kappa shape index (κ3) is 3.57. The van der Waals surface area contributed by atoms with Gasteiger partial charge in [-0.25, -0.2) is 0 Å². The van der Waals surface area contributed by atoms with E-state index in [1.807, 2.05) is 0 Å². The van der Waals surface area contributed by atoms with Gasteiger partial charge in [0.1, 0.15) is 0 Å². The summed E-state index contributed by atoms with van der Waals surface area (Å²) in [4.78, 5) is 11.9. The maximum atomic E-state index is 11.9. The van der Waals surface area contributed by atoms with Crippen molar-refractivity contribution >= 4 is 5.91 Å². The lowest BCUT2D eigenvalue weighted by Crippen LogP contribution is -2.27. The number of hydrogen-bond acceptors (Lipinski definition) is 2. The number of nitrogens with two attached hydrogens (primary N) is 1. The average Bonchev–Trinajstić information content (AvgIpc) is 3.19. The Morgan fingerprint density at radius 3 is 2.63 bits per heavy atom. The minimum absolute atomic E-state index is 0.169. The molecule has 3 heteroatoms. The summed E-state index contributed by atoms with van der Waals surface area (Å²) in [5.74, 6) is 1.33. The minimum Gasteiger partial charge on any atom is -0.356 e. The summed E-state index contributed by atoms with van der Waals surface area (Å²) in [6, 6.07) is 8.71. The zero-order chi connectivity index (χ0) is 13.8. The molecule has 2 rings (SSSR count). The molecule has 2 atom stereocenters. The molecule has 0 heterocycles. The molecule has 0 saturated heterocycles. The van der Waals surface area contributed by atoms with Crippen LogP contribution in [0.3, 0.4) is 0 Å². The van der Waals surface area contributed by atoms with Crippen LogP contribution in [0.2, 0.25) is 0 Å². The first-order valence-electron chi connectivity index (χ1n) is 7.21. The fourth-order valence-corrected chi connectivity index (χ4v) is 2.43. The fraction of sp³-hybridized carbons (Fsp3) is 0.562. The van der Waals surface area contributed by atoms with Crippen LogP contribution in [0, 0.1) is 5.92 Å². The van der Waals surface area contributed by atoms with Crippen molar-refractivity contribution in [2.75, 3.05) is 13.1 Å². The molecule has 0 aliphatic heterocycles. The molecule has 104 valence electrons. The molecule has 3 nitrogen and oxygen atoms in total. The van der Waals surface area contributed by atoms with E-state index in [9.17, 15) is 4.79 Å². The van der Waals surface area contributed by atoms with E-state index in [2.05, 4.69) is 43.4 Å². The molecule has 3 N–H and O–H groups in total. The third-order valence-electron chi connectivity index (χ3n) is 3.84. The van der Waals surface area contributed by atoms with E-state index < -0.39 is 0 Å². The summed E-state index contributed by atoms with van der Waals surface area (Å²) in [6.45, 7) is 5.72. The average molecular weight is 260 g/mol. The highest BCUT2D eigenvalue weighted by atomic mass is 16.2. The van der Waals surface area contributed by atoms with Crippen LogP contribution in [0.25, 0.3) is 0 Å². The predicted octanol–water partition coefficient (Wildman–Crippen LogP) is 2.38. The molecule has 1 aromatic carbocycles. The smallest absolute Gasteiger partial charge is 0.223 e. The summed E-state index contributed by atoms with van der Waals surface area (Å²) in [5, 5.41) is 2.96. The molecule has 2 unspecified atom stereocenters. The lowest BCUT2D eigenvalue weighted by Gasteiger charge is -2.07. The molecule has 0 radical (unpaired) electrons. The Balaban J connectivity index is 1.86. The molecule has 19 heavy (non-hydrogen) atoms. The van der Waals surface area contributed by atoms with Gasteiger partial charge in [0.2, 0.25) is 5.91 Å². The fourth-order valence-electron chi connectivity index (χ4n) is 2.43. The van der Waals surface area contributed by atoms with Gasteiger partial charge in [-0.05, 0) is 42.3 Å². The van der Waals surface area contributed by atoms with Gasteiger partial charge in [-0.2, -0.15) is 0 Å². The third-order valence-corrected chi connectivity index (χ3v) is 3.84.